The number of nitrogens with one attached hydrogen (secondary N) is 1. The molecule has 0 saturated carbocycles. The minimum atomic E-state index is 0.325. The Labute approximate surface area is 132 Å². The fourth-order valence-electron chi connectivity index (χ4n) is 3.26. The highest BCUT2D eigenvalue weighted by atomic mass is 16.2. The van der Waals surface area contributed by atoms with Crippen molar-refractivity contribution in [3.8, 4) is 0 Å². The van der Waals surface area contributed by atoms with Crippen LogP contribution in [0.3, 0.4) is 0 Å². The van der Waals surface area contributed by atoms with Gasteiger partial charge in [0.1, 0.15) is 5.82 Å². The number of hydrogen-bond acceptors (Lipinski definition) is 4. The van der Waals surface area contributed by atoms with Crippen LogP contribution in [-0.4, -0.2) is 51.2 Å². The number of fused-ring (bicyclic) bond motifs is 1. The summed E-state index contributed by atoms with van der Waals surface area (Å²) in [6.07, 6.45) is 4.93. The summed E-state index contributed by atoms with van der Waals surface area (Å²) in [7, 11) is 0. The lowest BCUT2D eigenvalue weighted by Crippen LogP contribution is -2.39. The molecule has 0 radical (unpaired) electrons. The molecule has 0 aromatic carbocycles. The number of aromatic nitrogens is 3. The first-order chi connectivity index (χ1) is 10.6. The van der Waals surface area contributed by atoms with Crippen molar-refractivity contribution in [2.24, 2.45) is 0 Å². The number of carbonyl (C=O) groups is 1. The number of amides is 1. The Balaban J connectivity index is 1.41. The lowest BCUT2D eigenvalue weighted by molar-refractivity contribution is -0.127. The van der Waals surface area contributed by atoms with Crippen molar-refractivity contribution in [3.05, 3.63) is 11.6 Å². The van der Waals surface area contributed by atoms with Crippen molar-refractivity contribution in [2.45, 2.75) is 64.5 Å². The summed E-state index contributed by atoms with van der Waals surface area (Å²) in [5.74, 6) is 2.81. The van der Waals surface area contributed by atoms with Gasteiger partial charge in [0.15, 0.2) is 5.82 Å². The number of rotatable bonds is 6. The Morgan fingerprint density at radius 2 is 2.23 bits per heavy atom. The second-order valence-electron chi connectivity index (χ2n) is 6.75. The maximum atomic E-state index is 11.6. The molecule has 2 aliphatic heterocycles. The van der Waals surface area contributed by atoms with Crippen LogP contribution in [0.15, 0.2) is 0 Å². The molecule has 1 atom stereocenters. The lowest BCUT2D eigenvalue weighted by atomic mass is 10.1. The summed E-state index contributed by atoms with van der Waals surface area (Å²) in [6.45, 7) is 7.99. The maximum Gasteiger partial charge on any atom is 0.222 e. The van der Waals surface area contributed by atoms with E-state index in [1.165, 1.54) is 0 Å². The van der Waals surface area contributed by atoms with Gasteiger partial charge in [-0.05, 0) is 25.8 Å². The van der Waals surface area contributed by atoms with Crippen molar-refractivity contribution in [3.63, 3.8) is 0 Å². The number of likely N-dealkylation sites (tertiary alicyclic amines) is 1. The molecule has 1 aromatic rings. The molecule has 3 heterocycles. The minimum absolute atomic E-state index is 0.325. The van der Waals surface area contributed by atoms with Crippen LogP contribution >= 0.6 is 0 Å². The van der Waals surface area contributed by atoms with Gasteiger partial charge in [-0.2, -0.15) is 5.10 Å². The van der Waals surface area contributed by atoms with Gasteiger partial charge in [-0.1, -0.05) is 13.8 Å². The van der Waals surface area contributed by atoms with Gasteiger partial charge in [0, 0.05) is 37.9 Å². The Hall–Kier alpha value is -1.43. The minimum Gasteiger partial charge on any atom is -0.343 e. The lowest BCUT2D eigenvalue weighted by Gasteiger charge is -2.24. The van der Waals surface area contributed by atoms with Crippen LogP contribution in [0.2, 0.25) is 0 Å². The first kappa shape index (κ1) is 15.5. The van der Waals surface area contributed by atoms with Crippen LogP contribution in [0.5, 0.6) is 0 Å². The standard InChI is InChI=1S/C16H27N5O/c1-12(2)16-18-14-7-6-13(11-21(14)19-16)17-8-4-10-20-9-3-5-15(20)22/h12-13,17H,3-11H2,1-2H3. The quantitative estimate of drug-likeness (QED) is 0.805. The number of aryl methyl sites for hydroxylation is 1. The first-order valence-electron chi connectivity index (χ1n) is 8.58. The van der Waals surface area contributed by atoms with E-state index in [0.29, 0.717) is 17.9 Å². The van der Waals surface area contributed by atoms with Crippen molar-refractivity contribution in [2.75, 3.05) is 19.6 Å². The number of hydrogen-bond donors (Lipinski definition) is 1. The van der Waals surface area contributed by atoms with Crippen LogP contribution in [0.1, 0.15) is 57.1 Å². The monoisotopic (exact) mass is 305 g/mol. The molecular formula is C16H27N5O. The molecule has 3 rings (SSSR count). The van der Waals surface area contributed by atoms with E-state index in [2.05, 4.69) is 33.9 Å². The van der Waals surface area contributed by atoms with Crippen molar-refractivity contribution in [1.29, 1.82) is 0 Å². The first-order valence-corrected chi connectivity index (χ1v) is 8.58. The molecule has 1 fully saturated rings. The third-order valence-corrected chi connectivity index (χ3v) is 4.60. The van der Waals surface area contributed by atoms with Crippen molar-refractivity contribution in [1.82, 2.24) is 25.0 Å². The summed E-state index contributed by atoms with van der Waals surface area (Å²) in [6, 6.07) is 0.475. The summed E-state index contributed by atoms with van der Waals surface area (Å²) in [5, 5.41) is 8.23. The molecule has 2 aliphatic rings. The Morgan fingerprint density at radius 1 is 1.36 bits per heavy atom. The Bertz CT molecular complexity index is 525. The predicted molar refractivity (Wildman–Crippen MR) is 84.7 cm³/mol. The van der Waals surface area contributed by atoms with Gasteiger partial charge in [-0.3, -0.25) is 4.79 Å². The van der Waals surface area contributed by atoms with E-state index in [-0.39, 0.29) is 0 Å². The van der Waals surface area contributed by atoms with Crippen LogP contribution < -0.4 is 5.32 Å². The van der Waals surface area contributed by atoms with Crippen LogP contribution in [0, 0.1) is 0 Å². The van der Waals surface area contributed by atoms with E-state index < -0.39 is 0 Å². The van der Waals surface area contributed by atoms with Crippen LogP contribution in [-0.2, 0) is 17.8 Å². The zero-order valence-corrected chi connectivity index (χ0v) is 13.7. The van der Waals surface area contributed by atoms with E-state index in [1.807, 2.05) is 4.90 Å². The van der Waals surface area contributed by atoms with Crippen LogP contribution in [0.4, 0.5) is 0 Å². The molecule has 0 spiro atoms. The Morgan fingerprint density at radius 3 is 2.95 bits per heavy atom. The van der Waals surface area contributed by atoms with E-state index in [4.69, 9.17) is 0 Å². The third kappa shape index (κ3) is 3.48. The maximum absolute atomic E-state index is 11.6. The topological polar surface area (TPSA) is 63.1 Å². The van der Waals surface area contributed by atoms with E-state index >= 15 is 0 Å². The molecule has 1 aromatic heterocycles. The van der Waals surface area contributed by atoms with Crippen LogP contribution in [0.25, 0.3) is 0 Å². The SMILES string of the molecule is CC(C)c1nc2n(n1)CC(NCCCN1CCCC1=O)CC2. The molecule has 22 heavy (non-hydrogen) atoms. The van der Waals surface area contributed by atoms with E-state index in [1.54, 1.807) is 0 Å². The molecule has 1 unspecified atom stereocenters. The summed E-state index contributed by atoms with van der Waals surface area (Å²) < 4.78 is 2.07. The largest absolute Gasteiger partial charge is 0.343 e. The fourth-order valence-corrected chi connectivity index (χ4v) is 3.26. The van der Waals surface area contributed by atoms with Gasteiger partial charge in [0.2, 0.25) is 5.91 Å². The van der Waals surface area contributed by atoms with Gasteiger partial charge < -0.3 is 10.2 Å². The second kappa shape index (κ2) is 6.77. The zero-order chi connectivity index (χ0) is 15.5. The van der Waals surface area contributed by atoms with Gasteiger partial charge in [0.05, 0.1) is 6.54 Å². The average Bonchev–Trinajstić information content (AvgIpc) is 3.09. The number of nitrogens with zero attached hydrogens (tertiary/aromatic N) is 4. The van der Waals surface area contributed by atoms with Gasteiger partial charge in [0.25, 0.3) is 0 Å². The summed E-state index contributed by atoms with van der Waals surface area (Å²) >= 11 is 0. The third-order valence-electron chi connectivity index (χ3n) is 4.60. The van der Waals surface area contributed by atoms with E-state index in [0.717, 1.165) is 69.9 Å². The van der Waals surface area contributed by atoms with Crippen molar-refractivity contribution < 1.29 is 4.79 Å². The second-order valence-corrected chi connectivity index (χ2v) is 6.75. The fraction of sp³-hybridized carbons (Fsp3) is 0.812. The highest BCUT2D eigenvalue weighted by molar-refractivity contribution is 5.77. The molecule has 1 N–H and O–H groups in total. The number of carbonyl (C=O) groups excluding carboxylic acids is 1. The smallest absolute Gasteiger partial charge is 0.222 e. The average molecular weight is 305 g/mol. The van der Waals surface area contributed by atoms with Crippen molar-refractivity contribution >= 4 is 5.91 Å². The van der Waals surface area contributed by atoms with Gasteiger partial charge in [-0.15, -0.1) is 0 Å². The molecule has 1 amide bonds. The molecule has 0 bridgehead atoms. The molecule has 0 aliphatic carbocycles. The van der Waals surface area contributed by atoms with E-state index in [9.17, 15) is 4.79 Å². The normalized spacial score (nSPS) is 21.7. The zero-order valence-electron chi connectivity index (χ0n) is 13.7. The molecule has 122 valence electrons. The summed E-state index contributed by atoms with van der Waals surface area (Å²) in [5.41, 5.74) is 0. The Kier molecular flexibility index (Phi) is 4.76. The summed E-state index contributed by atoms with van der Waals surface area (Å²) in [4.78, 5) is 18.2. The van der Waals surface area contributed by atoms with Gasteiger partial charge >= 0.3 is 0 Å². The van der Waals surface area contributed by atoms with Gasteiger partial charge in [-0.25, -0.2) is 9.67 Å². The molecule has 6 nitrogen and oxygen atoms in total. The molecule has 1 saturated heterocycles. The molecule has 6 heteroatoms. The molecular weight excluding hydrogens is 278 g/mol. The highest BCUT2D eigenvalue weighted by Crippen LogP contribution is 2.17. The highest BCUT2D eigenvalue weighted by Gasteiger charge is 2.22. The predicted octanol–water partition coefficient (Wildman–Crippen LogP) is 1.32.